The molecule has 2 aromatic rings. The highest BCUT2D eigenvalue weighted by Crippen LogP contribution is 2.39. The van der Waals surface area contributed by atoms with Gasteiger partial charge in [-0.15, -0.1) is 0 Å². The van der Waals surface area contributed by atoms with Gasteiger partial charge in [-0.2, -0.15) is 0 Å². The average Bonchev–Trinajstić information content (AvgIpc) is 2.83. The van der Waals surface area contributed by atoms with E-state index in [-0.39, 0.29) is 18.1 Å². The quantitative estimate of drug-likeness (QED) is 0.657. The molecule has 2 atom stereocenters. The molecule has 32 heavy (non-hydrogen) atoms. The van der Waals surface area contributed by atoms with Gasteiger partial charge in [-0.1, -0.05) is 49.4 Å². The summed E-state index contributed by atoms with van der Waals surface area (Å²) in [6.45, 7) is 2.73. The number of methoxy groups -OCH3 is 1. The van der Waals surface area contributed by atoms with Crippen molar-refractivity contribution in [1.82, 2.24) is 10.6 Å². The first kappa shape index (κ1) is 23.3. The zero-order valence-electron chi connectivity index (χ0n) is 18.6. The average molecular weight is 439 g/mol. The summed E-state index contributed by atoms with van der Waals surface area (Å²) in [5, 5.41) is 5.67. The molecule has 2 N–H and O–H groups in total. The molecule has 0 aliphatic heterocycles. The molecule has 1 aliphatic rings. The fraction of sp³-hybridized carbons (Fsp3) is 0.400. The van der Waals surface area contributed by atoms with Gasteiger partial charge in [0.25, 0.3) is 5.91 Å². The molecule has 1 aliphatic carbocycles. The molecule has 2 aromatic carbocycles. The van der Waals surface area contributed by atoms with Crippen molar-refractivity contribution < 1.29 is 23.9 Å². The number of Topliss-reactive ketones (excluding diaryl/α,β-unsaturated/α-hetero) is 1. The van der Waals surface area contributed by atoms with Crippen LogP contribution in [0.1, 0.15) is 48.5 Å². The second-order valence-corrected chi connectivity index (χ2v) is 8.02. The Morgan fingerprint density at radius 1 is 1.06 bits per heavy atom. The minimum absolute atomic E-state index is 0.0979. The van der Waals surface area contributed by atoms with Crippen molar-refractivity contribution in [1.29, 1.82) is 0 Å². The number of ether oxygens (including phenoxy) is 2. The van der Waals surface area contributed by atoms with Crippen LogP contribution in [-0.2, 0) is 14.9 Å². The van der Waals surface area contributed by atoms with Crippen molar-refractivity contribution in [3.05, 3.63) is 65.7 Å². The Hall–Kier alpha value is -3.35. The molecular weight excluding hydrogens is 408 g/mol. The number of rotatable bonds is 8. The third-order valence-electron chi connectivity index (χ3n) is 5.88. The van der Waals surface area contributed by atoms with Gasteiger partial charge in [0, 0.05) is 31.3 Å². The van der Waals surface area contributed by atoms with Crippen molar-refractivity contribution in [2.45, 2.75) is 44.1 Å². The lowest BCUT2D eigenvalue weighted by atomic mass is 9.68. The third-order valence-corrected chi connectivity index (χ3v) is 5.88. The second kappa shape index (κ2) is 10.8. The van der Waals surface area contributed by atoms with Crippen LogP contribution in [0.5, 0.6) is 5.75 Å². The van der Waals surface area contributed by atoms with Crippen LogP contribution in [0.3, 0.4) is 0 Å². The Balaban J connectivity index is 1.81. The number of nitrogens with one attached hydrogen (secondary N) is 2. The normalized spacial score (nSPS) is 20.3. The van der Waals surface area contributed by atoms with E-state index in [2.05, 4.69) is 10.6 Å². The summed E-state index contributed by atoms with van der Waals surface area (Å²) in [5.74, 6) is 0.137. The predicted octanol–water partition coefficient (Wildman–Crippen LogP) is 3.62. The maximum atomic E-state index is 12.9. The Bertz CT molecular complexity index is 946. The van der Waals surface area contributed by atoms with Gasteiger partial charge >= 0.3 is 6.09 Å². The van der Waals surface area contributed by atoms with Crippen LogP contribution in [-0.4, -0.2) is 44.1 Å². The van der Waals surface area contributed by atoms with Crippen LogP contribution in [0, 0.1) is 0 Å². The number of hydrogen-bond acceptors (Lipinski definition) is 5. The zero-order valence-corrected chi connectivity index (χ0v) is 18.6. The van der Waals surface area contributed by atoms with E-state index >= 15 is 0 Å². The Morgan fingerprint density at radius 3 is 2.50 bits per heavy atom. The maximum absolute atomic E-state index is 12.9. The van der Waals surface area contributed by atoms with E-state index in [1.165, 1.54) is 7.11 Å². The summed E-state index contributed by atoms with van der Waals surface area (Å²) in [4.78, 5) is 37.6. The van der Waals surface area contributed by atoms with Gasteiger partial charge in [-0.25, -0.2) is 4.79 Å². The number of hydrogen-bond donors (Lipinski definition) is 2. The highest BCUT2D eigenvalue weighted by Gasteiger charge is 2.43. The molecule has 0 bridgehead atoms. The Morgan fingerprint density at radius 2 is 1.78 bits per heavy atom. The van der Waals surface area contributed by atoms with E-state index < -0.39 is 17.6 Å². The van der Waals surface area contributed by atoms with Crippen molar-refractivity contribution >= 4 is 17.8 Å². The molecule has 0 spiro atoms. The molecule has 170 valence electrons. The zero-order chi connectivity index (χ0) is 23.0. The highest BCUT2D eigenvalue weighted by molar-refractivity contribution is 5.97. The fourth-order valence-electron chi connectivity index (χ4n) is 4.09. The third kappa shape index (κ3) is 5.46. The maximum Gasteiger partial charge on any atom is 0.407 e. The monoisotopic (exact) mass is 438 g/mol. The van der Waals surface area contributed by atoms with Crippen LogP contribution in [0.25, 0.3) is 0 Å². The van der Waals surface area contributed by atoms with Gasteiger partial charge < -0.3 is 20.1 Å². The van der Waals surface area contributed by atoms with Crippen molar-refractivity contribution in [3.8, 4) is 5.75 Å². The first-order valence-corrected chi connectivity index (χ1v) is 10.9. The molecule has 0 radical (unpaired) electrons. The summed E-state index contributed by atoms with van der Waals surface area (Å²) in [5.41, 5.74) is 0.898. The van der Waals surface area contributed by atoms with Gasteiger partial charge in [0.2, 0.25) is 0 Å². The molecular formula is C25H30N2O5. The lowest BCUT2D eigenvalue weighted by Crippen LogP contribution is -2.49. The molecule has 1 fully saturated rings. The van der Waals surface area contributed by atoms with Crippen LogP contribution in [0.15, 0.2) is 54.6 Å². The second-order valence-electron chi connectivity index (χ2n) is 8.02. The number of carbonyl (C=O) groups excluding carboxylic acids is 3. The summed E-state index contributed by atoms with van der Waals surface area (Å²) < 4.78 is 10.8. The SMILES string of the molecule is CCCNC(=O)OC1CC(CNC(=O)c2ccccc2OC)(c2ccccc2)CCC1=O. The first-order chi connectivity index (χ1) is 15.5. The van der Waals surface area contributed by atoms with Crippen molar-refractivity contribution in [2.75, 3.05) is 20.2 Å². The van der Waals surface area contributed by atoms with Gasteiger partial charge in [0.1, 0.15) is 5.75 Å². The molecule has 2 amide bonds. The molecule has 7 heteroatoms. The number of carbonyl (C=O) groups is 3. The van der Waals surface area contributed by atoms with Crippen LogP contribution >= 0.6 is 0 Å². The van der Waals surface area contributed by atoms with Crippen molar-refractivity contribution in [3.63, 3.8) is 0 Å². The minimum Gasteiger partial charge on any atom is -0.496 e. The Kier molecular flexibility index (Phi) is 7.87. The molecule has 3 rings (SSSR count). The topological polar surface area (TPSA) is 93.7 Å². The molecule has 7 nitrogen and oxygen atoms in total. The molecule has 0 saturated heterocycles. The van der Waals surface area contributed by atoms with Gasteiger partial charge in [-0.3, -0.25) is 9.59 Å². The lowest BCUT2D eigenvalue weighted by Gasteiger charge is -2.40. The van der Waals surface area contributed by atoms with Gasteiger partial charge in [0.15, 0.2) is 11.9 Å². The predicted molar refractivity (Wildman–Crippen MR) is 121 cm³/mol. The highest BCUT2D eigenvalue weighted by atomic mass is 16.6. The number of benzene rings is 2. The molecule has 0 heterocycles. The van der Waals surface area contributed by atoms with Gasteiger partial charge in [0.05, 0.1) is 12.7 Å². The summed E-state index contributed by atoms with van der Waals surface area (Å²) in [6, 6.07) is 16.8. The number of alkyl carbamates (subject to hydrolysis) is 1. The number of para-hydroxylation sites is 1. The summed E-state index contributed by atoms with van der Waals surface area (Å²) >= 11 is 0. The largest absolute Gasteiger partial charge is 0.496 e. The number of amides is 2. The van der Waals surface area contributed by atoms with Crippen LogP contribution in [0.2, 0.25) is 0 Å². The summed E-state index contributed by atoms with van der Waals surface area (Å²) in [7, 11) is 1.52. The minimum atomic E-state index is -0.857. The van der Waals surface area contributed by atoms with Crippen molar-refractivity contribution in [2.24, 2.45) is 0 Å². The standard InChI is InChI=1S/C25H30N2O5/c1-3-15-26-24(30)32-22-16-25(14-13-20(22)28,18-9-5-4-6-10-18)17-27-23(29)19-11-7-8-12-21(19)31-2/h4-12,22H,3,13-17H2,1-2H3,(H,26,30)(H,27,29). The molecule has 2 unspecified atom stereocenters. The Labute approximate surface area is 188 Å². The first-order valence-electron chi connectivity index (χ1n) is 10.9. The summed E-state index contributed by atoms with van der Waals surface area (Å²) in [6.07, 6.45) is 0.457. The van der Waals surface area contributed by atoms with E-state index in [0.29, 0.717) is 37.2 Å². The smallest absolute Gasteiger partial charge is 0.407 e. The van der Waals surface area contributed by atoms with E-state index in [9.17, 15) is 14.4 Å². The number of ketones is 1. The van der Waals surface area contributed by atoms with E-state index in [0.717, 1.165) is 12.0 Å². The van der Waals surface area contributed by atoms with E-state index in [1.807, 2.05) is 37.3 Å². The fourth-order valence-corrected chi connectivity index (χ4v) is 4.09. The van der Waals surface area contributed by atoms with Crippen LogP contribution in [0.4, 0.5) is 4.79 Å². The lowest BCUT2D eigenvalue weighted by molar-refractivity contribution is -0.131. The molecule has 1 saturated carbocycles. The van der Waals surface area contributed by atoms with E-state index in [4.69, 9.17) is 9.47 Å². The van der Waals surface area contributed by atoms with Gasteiger partial charge in [-0.05, 0) is 30.5 Å². The van der Waals surface area contributed by atoms with E-state index in [1.54, 1.807) is 24.3 Å². The van der Waals surface area contributed by atoms with Crippen LogP contribution < -0.4 is 15.4 Å². The molecule has 0 aromatic heterocycles.